The minimum atomic E-state index is -0.937. The predicted octanol–water partition coefficient (Wildman–Crippen LogP) is 5.77. The van der Waals surface area contributed by atoms with Crippen molar-refractivity contribution in [3.8, 4) is 0 Å². The summed E-state index contributed by atoms with van der Waals surface area (Å²) in [6.45, 7) is 1.98. The normalized spacial score (nSPS) is 11.9. The third-order valence-corrected chi connectivity index (χ3v) is 4.30. The molecule has 0 saturated carbocycles. The van der Waals surface area contributed by atoms with Gasteiger partial charge in [-0.2, -0.15) is 0 Å². The summed E-state index contributed by atoms with van der Waals surface area (Å²) in [5.74, 6) is -3.51. The van der Waals surface area contributed by atoms with Crippen molar-refractivity contribution in [2.45, 2.75) is 77.6 Å². The zero-order valence-electron chi connectivity index (χ0n) is 19.9. The summed E-state index contributed by atoms with van der Waals surface area (Å²) < 4.78 is 0. The number of rotatable bonds is 18. The smallest absolute Gasteiger partial charge is 0.328 e. The van der Waals surface area contributed by atoms with E-state index in [1.54, 1.807) is 18.2 Å². The Hall–Kier alpha value is -3.42. The maximum atomic E-state index is 10.2. The molecule has 0 aliphatic carbocycles. The summed E-state index contributed by atoms with van der Waals surface area (Å²) in [5, 5.41) is 33.5. The van der Waals surface area contributed by atoms with Gasteiger partial charge in [0.2, 0.25) is 0 Å². The van der Waals surface area contributed by atoms with E-state index in [9.17, 15) is 19.2 Å². The van der Waals surface area contributed by atoms with Crippen molar-refractivity contribution in [3.05, 3.63) is 60.3 Å². The van der Waals surface area contributed by atoms with E-state index < -0.39 is 23.9 Å². The maximum Gasteiger partial charge on any atom is 0.328 e. The quantitative estimate of drug-likeness (QED) is 0.0839. The summed E-state index contributed by atoms with van der Waals surface area (Å²) in [7, 11) is 0. The predicted molar refractivity (Wildman–Crippen MR) is 132 cm³/mol. The second-order valence-corrected chi connectivity index (χ2v) is 7.47. The molecule has 0 aliphatic rings. The van der Waals surface area contributed by atoms with Crippen molar-refractivity contribution in [2.75, 3.05) is 0 Å². The number of carboxylic acid groups (broad SMARTS) is 4. The molecule has 0 aromatic heterocycles. The van der Waals surface area contributed by atoms with Gasteiger partial charge in [0.15, 0.2) is 0 Å². The second-order valence-electron chi connectivity index (χ2n) is 7.47. The highest BCUT2D eigenvalue weighted by molar-refractivity contribution is 5.80. The third-order valence-electron chi connectivity index (χ3n) is 4.30. The van der Waals surface area contributed by atoms with Gasteiger partial charge in [-0.25, -0.2) is 14.4 Å². The lowest BCUT2D eigenvalue weighted by Crippen LogP contribution is -1.93. The van der Waals surface area contributed by atoms with Crippen LogP contribution in [0.1, 0.15) is 77.6 Å². The second kappa shape index (κ2) is 24.2. The fraction of sp³-hybridized carbons (Fsp3) is 0.462. The molecule has 0 atom stereocenters. The fourth-order valence-corrected chi connectivity index (χ4v) is 2.59. The Kier molecular flexibility index (Phi) is 23.3. The van der Waals surface area contributed by atoms with E-state index in [0.29, 0.717) is 12.8 Å². The summed E-state index contributed by atoms with van der Waals surface area (Å²) in [6, 6.07) is 0. The van der Waals surface area contributed by atoms with E-state index in [-0.39, 0.29) is 6.42 Å². The Morgan fingerprint density at radius 3 is 1.71 bits per heavy atom. The SMILES string of the molecule is CC(=CCCC=CC(=O)O)CCC=CC(=O)O.O=C(O)C=CC=CCCCCCCCC(=O)O. The van der Waals surface area contributed by atoms with Crippen LogP contribution in [0.3, 0.4) is 0 Å². The van der Waals surface area contributed by atoms with Crippen LogP contribution in [0.15, 0.2) is 60.3 Å². The Balaban J connectivity index is 0. The molecule has 0 radical (unpaired) electrons. The zero-order chi connectivity index (χ0) is 26.0. The average Bonchev–Trinajstić information content (AvgIpc) is 2.74. The van der Waals surface area contributed by atoms with E-state index >= 15 is 0 Å². The third kappa shape index (κ3) is 33.2. The maximum absolute atomic E-state index is 10.2. The fourth-order valence-electron chi connectivity index (χ4n) is 2.59. The molecule has 0 heterocycles. The Morgan fingerprint density at radius 1 is 0.559 bits per heavy atom. The van der Waals surface area contributed by atoms with Gasteiger partial charge in [-0.05, 0) is 51.9 Å². The highest BCUT2D eigenvalue weighted by atomic mass is 16.4. The van der Waals surface area contributed by atoms with E-state index in [1.165, 1.54) is 11.6 Å². The summed E-state index contributed by atoms with van der Waals surface area (Å²) in [4.78, 5) is 40.7. The van der Waals surface area contributed by atoms with Crippen molar-refractivity contribution >= 4 is 23.9 Å². The van der Waals surface area contributed by atoms with Crippen LogP contribution < -0.4 is 0 Å². The molecule has 0 fully saturated rings. The lowest BCUT2D eigenvalue weighted by atomic mass is 10.1. The monoisotopic (exact) mass is 478 g/mol. The van der Waals surface area contributed by atoms with Crippen molar-refractivity contribution in [2.24, 2.45) is 0 Å². The first-order valence-electron chi connectivity index (χ1n) is 11.4. The minimum Gasteiger partial charge on any atom is -0.481 e. The van der Waals surface area contributed by atoms with Crippen LogP contribution in [0.5, 0.6) is 0 Å². The summed E-state index contributed by atoms with van der Waals surface area (Å²) in [5.41, 5.74) is 1.18. The Morgan fingerprint density at radius 2 is 1.12 bits per heavy atom. The molecule has 0 spiro atoms. The van der Waals surface area contributed by atoms with E-state index in [4.69, 9.17) is 20.4 Å². The van der Waals surface area contributed by atoms with Crippen LogP contribution >= 0.6 is 0 Å². The van der Waals surface area contributed by atoms with Gasteiger partial charge in [0.05, 0.1) is 0 Å². The van der Waals surface area contributed by atoms with Gasteiger partial charge >= 0.3 is 23.9 Å². The van der Waals surface area contributed by atoms with Gasteiger partial charge in [0, 0.05) is 24.6 Å². The molecular weight excluding hydrogens is 440 g/mol. The molecule has 0 saturated heterocycles. The van der Waals surface area contributed by atoms with E-state index in [0.717, 1.165) is 69.6 Å². The van der Waals surface area contributed by atoms with Crippen LogP contribution in [0.25, 0.3) is 0 Å². The van der Waals surface area contributed by atoms with Crippen LogP contribution in [-0.2, 0) is 19.2 Å². The lowest BCUT2D eigenvalue weighted by molar-refractivity contribution is -0.137. The number of hydrogen-bond acceptors (Lipinski definition) is 4. The molecule has 0 unspecified atom stereocenters. The topological polar surface area (TPSA) is 149 Å². The largest absolute Gasteiger partial charge is 0.481 e. The lowest BCUT2D eigenvalue weighted by Gasteiger charge is -1.97. The molecule has 0 bridgehead atoms. The van der Waals surface area contributed by atoms with Gasteiger partial charge in [0.1, 0.15) is 0 Å². The minimum absolute atomic E-state index is 0.264. The van der Waals surface area contributed by atoms with Crippen molar-refractivity contribution in [1.29, 1.82) is 0 Å². The number of carbonyl (C=O) groups is 4. The number of unbranched alkanes of at least 4 members (excludes halogenated alkanes) is 6. The first-order chi connectivity index (χ1) is 16.1. The Bertz CT molecular complexity index is 742. The standard InChI is InChI=1S/C13H18O4.C13H20O4/c1-11(8-5-6-10-13(16)17)7-3-2-4-9-12(14)15;14-12(15)10-8-6-4-2-1-3-5-7-9-11-13(16)17/h4,6-7,9-10H,2-3,5,8H2,1H3,(H,14,15)(H,16,17);4,6,8,10H,1-3,5,7,9,11H2,(H,14,15)(H,16,17). The van der Waals surface area contributed by atoms with Gasteiger partial charge in [-0.15, -0.1) is 0 Å². The number of carboxylic acids is 4. The van der Waals surface area contributed by atoms with Gasteiger partial charge in [0.25, 0.3) is 0 Å². The molecule has 34 heavy (non-hydrogen) atoms. The summed E-state index contributed by atoms with van der Waals surface area (Å²) in [6.07, 6.45) is 23.0. The van der Waals surface area contributed by atoms with Crippen molar-refractivity contribution in [1.82, 2.24) is 0 Å². The van der Waals surface area contributed by atoms with E-state index in [2.05, 4.69) is 0 Å². The van der Waals surface area contributed by atoms with Gasteiger partial charge in [-0.3, -0.25) is 4.79 Å². The Labute approximate surface area is 201 Å². The van der Waals surface area contributed by atoms with Crippen molar-refractivity contribution < 1.29 is 39.6 Å². The van der Waals surface area contributed by atoms with E-state index in [1.807, 2.05) is 19.1 Å². The molecule has 8 nitrogen and oxygen atoms in total. The number of hydrogen-bond donors (Lipinski definition) is 4. The highest BCUT2D eigenvalue weighted by Crippen LogP contribution is 2.08. The molecule has 4 N–H and O–H groups in total. The van der Waals surface area contributed by atoms with Crippen LogP contribution in [0.4, 0.5) is 0 Å². The molecule has 8 heteroatoms. The highest BCUT2D eigenvalue weighted by Gasteiger charge is 1.95. The zero-order valence-corrected chi connectivity index (χ0v) is 19.9. The average molecular weight is 479 g/mol. The van der Waals surface area contributed by atoms with Crippen LogP contribution in [0.2, 0.25) is 0 Å². The molecular formula is C26H38O8. The van der Waals surface area contributed by atoms with Crippen molar-refractivity contribution in [3.63, 3.8) is 0 Å². The first kappa shape index (κ1) is 32.8. The molecule has 0 aromatic carbocycles. The molecule has 0 aromatic rings. The van der Waals surface area contributed by atoms with Gasteiger partial charge < -0.3 is 20.4 Å². The molecule has 0 amide bonds. The van der Waals surface area contributed by atoms with Gasteiger partial charge in [-0.1, -0.05) is 61.3 Å². The first-order valence-corrected chi connectivity index (χ1v) is 11.4. The number of aliphatic carboxylic acids is 4. The molecule has 190 valence electrons. The molecule has 0 rings (SSSR count). The van der Waals surface area contributed by atoms with Crippen LogP contribution in [0, 0.1) is 0 Å². The summed E-state index contributed by atoms with van der Waals surface area (Å²) >= 11 is 0. The molecule has 0 aliphatic heterocycles. The number of allylic oxidation sites excluding steroid dienone is 7. The van der Waals surface area contributed by atoms with Crippen LogP contribution in [-0.4, -0.2) is 44.3 Å².